The molecule has 3 rings (SSSR count). The number of carbonyl (C=O) groups excluding carboxylic acids is 2. The molecule has 2 aromatic carbocycles. The Morgan fingerprint density at radius 2 is 1.88 bits per heavy atom. The summed E-state index contributed by atoms with van der Waals surface area (Å²) in [6.07, 6.45) is 0.104. The van der Waals surface area contributed by atoms with Crippen LogP contribution in [0.2, 0.25) is 0 Å². The van der Waals surface area contributed by atoms with Crippen molar-refractivity contribution >= 4 is 38.3 Å². The predicted molar refractivity (Wildman–Crippen MR) is 99.7 cm³/mol. The van der Waals surface area contributed by atoms with Gasteiger partial charge in [-0.1, -0.05) is 30.0 Å². The van der Waals surface area contributed by atoms with Crippen molar-refractivity contribution < 1.29 is 14.3 Å². The van der Waals surface area contributed by atoms with E-state index < -0.39 is 0 Å². The SMILES string of the molecule is COC(=O)c1ccc(C#CCC(=O)Nc2cc3ccccc3s2)cc1. The van der Waals surface area contributed by atoms with Crippen LogP contribution in [0.25, 0.3) is 10.1 Å². The Labute approximate surface area is 149 Å². The molecule has 1 amide bonds. The van der Waals surface area contributed by atoms with E-state index in [0.29, 0.717) is 5.56 Å². The number of amides is 1. The lowest BCUT2D eigenvalue weighted by Crippen LogP contribution is -2.08. The molecule has 0 fully saturated rings. The smallest absolute Gasteiger partial charge is 0.337 e. The highest BCUT2D eigenvalue weighted by Crippen LogP contribution is 2.29. The minimum absolute atomic E-state index is 0.104. The first-order valence-corrected chi connectivity index (χ1v) is 8.43. The van der Waals surface area contributed by atoms with E-state index in [9.17, 15) is 9.59 Å². The second-order valence-corrected chi connectivity index (χ2v) is 6.33. The maximum absolute atomic E-state index is 12.0. The van der Waals surface area contributed by atoms with Gasteiger partial charge < -0.3 is 10.1 Å². The number of hydrogen-bond acceptors (Lipinski definition) is 4. The standard InChI is InChI=1S/C20H15NO3S/c1-24-20(23)15-11-9-14(10-12-15)5-4-8-18(22)21-19-13-16-6-2-3-7-17(16)25-19/h2-3,6-7,9-13H,8H2,1H3,(H,21,22). The van der Waals surface area contributed by atoms with Gasteiger partial charge in [0.1, 0.15) is 0 Å². The summed E-state index contributed by atoms with van der Waals surface area (Å²) in [6, 6.07) is 16.7. The minimum atomic E-state index is -0.387. The van der Waals surface area contributed by atoms with Gasteiger partial charge >= 0.3 is 5.97 Å². The monoisotopic (exact) mass is 349 g/mol. The molecule has 124 valence electrons. The molecule has 0 aliphatic carbocycles. The van der Waals surface area contributed by atoms with E-state index in [1.54, 1.807) is 24.3 Å². The van der Waals surface area contributed by atoms with Crippen LogP contribution in [0.3, 0.4) is 0 Å². The second-order valence-electron chi connectivity index (χ2n) is 5.24. The number of hydrogen-bond donors (Lipinski definition) is 1. The molecule has 0 radical (unpaired) electrons. The molecule has 0 atom stereocenters. The van der Waals surface area contributed by atoms with Gasteiger partial charge in [-0.05, 0) is 41.8 Å². The maximum atomic E-state index is 12.0. The number of rotatable bonds is 3. The van der Waals surface area contributed by atoms with E-state index in [1.807, 2.05) is 30.3 Å². The second kappa shape index (κ2) is 7.65. The van der Waals surface area contributed by atoms with Gasteiger partial charge in [-0.2, -0.15) is 0 Å². The highest BCUT2D eigenvalue weighted by molar-refractivity contribution is 7.22. The zero-order valence-electron chi connectivity index (χ0n) is 13.5. The summed E-state index contributed by atoms with van der Waals surface area (Å²) in [5, 5.41) is 4.79. The number of esters is 1. The van der Waals surface area contributed by atoms with E-state index in [4.69, 9.17) is 0 Å². The van der Waals surface area contributed by atoms with Crippen LogP contribution in [0.15, 0.2) is 54.6 Å². The number of fused-ring (bicyclic) bond motifs is 1. The van der Waals surface area contributed by atoms with Gasteiger partial charge in [-0.3, -0.25) is 4.79 Å². The van der Waals surface area contributed by atoms with Crippen molar-refractivity contribution in [2.45, 2.75) is 6.42 Å². The van der Waals surface area contributed by atoms with Crippen LogP contribution < -0.4 is 5.32 Å². The number of nitrogens with one attached hydrogen (secondary N) is 1. The largest absolute Gasteiger partial charge is 0.465 e. The van der Waals surface area contributed by atoms with E-state index in [0.717, 1.165) is 20.7 Å². The fourth-order valence-electron chi connectivity index (χ4n) is 2.26. The molecular weight excluding hydrogens is 334 g/mol. The first-order chi connectivity index (χ1) is 12.2. The van der Waals surface area contributed by atoms with Crippen LogP contribution in [-0.4, -0.2) is 19.0 Å². The topological polar surface area (TPSA) is 55.4 Å². The van der Waals surface area contributed by atoms with Crippen molar-refractivity contribution in [3.8, 4) is 11.8 Å². The summed E-state index contributed by atoms with van der Waals surface area (Å²) in [5.74, 6) is 5.22. The number of ether oxygens (including phenoxy) is 1. The zero-order chi connectivity index (χ0) is 17.6. The molecule has 25 heavy (non-hydrogen) atoms. The van der Waals surface area contributed by atoms with Crippen molar-refractivity contribution in [1.82, 2.24) is 0 Å². The lowest BCUT2D eigenvalue weighted by atomic mass is 10.1. The lowest BCUT2D eigenvalue weighted by molar-refractivity contribution is -0.115. The fourth-order valence-corrected chi connectivity index (χ4v) is 3.24. The maximum Gasteiger partial charge on any atom is 0.337 e. The fraction of sp³-hybridized carbons (Fsp3) is 0.100. The van der Waals surface area contributed by atoms with E-state index in [-0.39, 0.29) is 18.3 Å². The number of benzene rings is 2. The van der Waals surface area contributed by atoms with Crippen LogP contribution in [0.1, 0.15) is 22.3 Å². The van der Waals surface area contributed by atoms with Gasteiger partial charge in [-0.25, -0.2) is 4.79 Å². The van der Waals surface area contributed by atoms with Crippen LogP contribution in [-0.2, 0) is 9.53 Å². The van der Waals surface area contributed by atoms with Gasteiger partial charge in [0, 0.05) is 10.3 Å². The number of thiophene rings is 1. The molecule has 0 aliphatic heterocycles. The Morgan fingerprint density at radius 3 is 2.60 bits per heavy atom. The Morgan fingerprint density at radius 1 is 1.12 bits per heavy atom. The van der Waals surface area contributed by atoms with Crippen molar-refractivity contribution in [3.63, 3.8) is 0 Å². The molecule has 5 heteroatoms. The quantitative estimate of drug-likeness (QED) is 0.573. The van der Waals surface area contributed by atoms with Crippen LogP contribution >= 0.6 is 11.3 Å². The van der Waals surface area contributed by atoms with E-state index in [1.165, 1.54) is 18.4 Å². The zero-order valence-corrected chi connectivity index (χ0v) is 14.4. The predicted octanol–water partition coefficient (Wildman–Crippen LogP) is 4.07. The van der Waals surface area contributed by atoms with Gasteiger partial charge in [0.15, 0.2) is 0 Å². The first kappa shape index (κ1) is 16.7. The number of carbonyl (C=O) groups is 2. The highest BCUT2D eigenvalue weighted by Gasteiger charge is 2.05. The molecule has 1 heterocycles. The molecule has 0 saturated heterocycles. The van der Waals surface area contributed by atoms with Crippen LogP contribution in [0.4, 0.5) is 5.00 Å². The molecule has 4 nitrogen and oxygen atoms in total. The summed E-state index contributed by atoms with van der Waals surface area (Å²) in [4.78, 5) is 23.3. The lowest BCUT2D eigenvalue weighted by Gasteiger charge is -1.98. The molecule has 0 bridgehead atoms. The minimum Gasteiger partial charge on any atom is -0.465 e. The van der Waals surface area contributed by atoms with Crippen molar-refractivity contribution in [3.05, 3.63) is 65.7 Å². The van der Waals surface area contributed by atoms with Gasteiger partial charge in [0.05, 0.1) is 24.1 Å². The number of methoxy groups -OCH3 is 1. The molecule has 3 aromatic rings. The summed E-state index contributed by atoms with van der Waals surface area (Å²) in [7, 11) is 1.34. The Bertz CT molecular complexity index is 944. The molecular formula is C20H15NO3S. The summed E-state index contributed by atoms with van der Waals surface area (Å²) in [5.41, 5.74) is 1.21. The van der Waals surface area contributed by atoms with Gasteiger partial charge in [0.25, 0.3) is 0 Å². The highest BCUT2D eigenvalue weighted by atomic mass is 32.1. The third kappa shape index (κ3) is 4.25. The molecule has 1 N–H and O–H groups in total. The Balaban J connectivity index is 1.59. The molecule has 1 aromatic heterocycles. The average molecular weight is 349 g/mol. The van der Waals surface area contributed by atoms with Crippen molar-refractivity contribution in [1.29, 1.82) is 0 Å². The summed E-state index contributed by atoms with van der Waals surface area (Å²) >= 11 is 1.54. The van der Waals surface area contributed by atoms with Crippen molar-refractivity contribution in [2.75, 3.05) is 12.4 Å². The normalized spacial score (nSPS) is 9.96. The third-order valence-electron chi connectivity index (χ3n) is 3.48. The average Bonchev–Trinajstić information content (AvgIpc) is 3.03. The molecule has 0 saturated carbocycles. The van der Waals surface area contributed by atoms with Gasteiger partial charge in [0.2, 0.25) is 5.91 Å². The third-order valence-corrected chi connectivity index (χ3v) is 4.51. The van der Waals surface area contributed by atoms with E-state index >= 15 is 0 Å². The van der Waals surface area contributed by atoms with Gasteiger partial charge in [-0.15, -0.1) is 11.3 Å². The Hall–Kier alpha value is -3.10. The summed E-state index contributed by atoms with van der Waals surface area (Å²) < 4.78 is 5.77. The molecule has 0 unspecified atom stereocenters. The van der Waals surface area contributed by atoms with E-state index in [2.05, 4.69) is 21.9 Å². The molecule has 0 spiro atoms. The van der Waals surface area contributed by atoms with Crippen LogP contribution in [0, 0.1) is 11.8 Å². The first-order valence-electron chi connectivity index (χ1n) is 7.61. The number of anilines is 1. The van der Waals surface area contributed by atoms with Crippen LogP contribution in [0.5, 0.6) is 0 Å². The Kier molecular flexibility index (Phi) is 5.12. The summed E-state index contributed by atoms with van der Waals surface area (Å²) in [6.45, 7) is 0. The molecule has 0 aliphatic rings. The van der Waals surface area contributed by atoms with Crippen molar-refractivity contribution in [2.24, 2.45) is 0 Å².